The number of nitrogens with two attached hydrogens (primary N) is 1. The third kappa shape index (κ3) is 4.61. The molecular weight excluding hydrogens is 190 g/mol. The third-order valence-corrected chi connectivity index (χ3v) is 2.64. The highest BCUT2D eigenvalue weighted by atomic mass is 16.5. The standard InChI is InChI=1S/C11H21N3O/c1-2-6-15-11-4-3-5-14(9-11)8-10(13)7-12/h10-11H,2-6,8-9,13H2,1H3. The van der Waals surface area contributed by atoms with Gasteiger partial charge in [0.15, 0.2) is 0 Å². The molecule has 1 fully saturated rings. The minimum atomic E-state index is -0.366. The quantitative estimate of drug-likeness (QED) is 0.728. The topological polar surface area (TPSA) is 62.3 Å². The largest absolute Gasteiger partial charge is 0.377 e. The first-order chi connectivity index (χ1) is 7.26. The van der Waals surface area contributed by atoms with E-state index in [2.05, 4.69) is 17.9 Å². The maximum absolute atomic E-state index is 8.64. The van der Waals surface area contributed by atoms with Crippen LogP contribution in [0, 0.1) is 11.3 Å². The van der Waals surface area contributed by atoms with Crippen molar-refractivity contribution in [3.05, 3.63) is 0 Å². The Labute approximate surface area is 92.0 Å². The van der Waals surface area contributed by atoms with Crippen molar-refractivity contribution in [3.63, 3.8) is 0 Å². The van der Waals surface area contributed by atoms with Crippen LogP contribution < -0.4 is 5.73 Å². The van der Waals surface area contributed by atoms with Crippen LogP contribution in [0.15, 0.2) is 0 Å². The van der Waals surface area contributed by atoms with Crippen LogP contribution in [0.1, 0.15) is 26.2 Å². The normalized spacial score (nSPS) is 24.7. The molecule has 1 rings (SSSR count). The van der Waals surface area contributed by atoms with Gasteiger partial charge in [-0.2, -0.15) is 5.26 Å². The molecule has 0 aromatic carbocycles. The summed E-state index contributed by atoms with van der Waals surface area (Å²) in [5, 5.41) is 8.64. The highest BCUT2D eigenvalue weighted by molar-refractivity contribution is 4.90. The molecule has 1 heterocycles. The Morgan fingerprint density at radius 1 is 1.67 bits per heavy atom. The van der Waals surface area contributed by atoms with Gasteiger partial charge >= 0.3 is 0 Å². The number of piperidine rings is 1. The van der Waals surface area contributed by atoms with Gasteiger partial charge < -0.3 is 10.5 Å². The lowest BCUT2D eigenvalue weighted by molar-refractivity contribution is -0.000281. The highest BCUT2D eigenvalue weighted by Crippen LogP contribution is 2.13. The molecule has 15 heavy (non-hydrogen) atoms. The van der Waals surface area contributed by atoms with Gasteiger partial charge in [-0.3, -0.25) is 4.90 Å². The lowest BCUT2D eigenvalue weighted by Crippen LogP contribution is -2.45. The first-order valence-corrected chi connectivity index (χ1v) is 5.75. The van der Waals surface area contributed by atoms with E-state index in [-0.39, 0.29) is 6.04 Å². The van der Waals surface area contributed by atoms with Crippen molar-refractivity contribution in [1.82, 2.24) is 4.90 Å². The highest BCUT2D eigenvalue weighted by Gasteiger charge is 2.21. The summed E-state index contributed by atoms with van der Waals surface area (Å²) < 4.78 is 5.71. The molecule has 0 aromatic heterocycles. The SMILES string of the molecule is CCCOC1CCCN(CC(N)C#N)C1. The maximum atomic E-state index is 8.64. The molecule has 0 amide bonds. The van der Waals surface area contributed by atoms with Crippen molar-refractivity contribution in [2.45, 2.75) is 38.3 Å². The molecule has 2 N–H and O–H groups in total. The summed E-state index contributed by atoms with van der Waals surface area (Å²) in [6.45, 7) is 5.59. The van der Waals surface area contributed by atoms with Crippen LogP contribution in [0.2, 0.25) is 0 Å². The van der Waals surface area contributed by atoms with E-state index in [1.165, 1.54) is 0 Å². The summed E-state index contributed by atoms with van der Waals surface area (Å²) in [4.78, 5) is 2.23. The zero-order chi connectivity index (χ0) is 11.1. The molecule has 0 bridgehead atoms. The van der Waals surface area contributed by atoms with Crippen LogP contribution in [0.3, 0.4) is 0 Å². The molecule has 2 atom stereocenters. The molecule has 2 unspecified atom stereocenters. The van der Waals surface area contributed by atoms with Crippen LogP contribution in [0.25, 0.3) is 0 Å². The van der Waals surface area contributed by atoms with Gasteiger partial charge in [-0.05, 0) is 25.8 Å². The van der Waals surface area contributed by atoms with E-state index in [4.69, 9.17) is 15.7 Å². The van der Waals surface area contributed by atoms with Gasteiger partial charge in [-0.1, -0.05) is 6.92 Å². The second-order valence-electron chi connectivity index (χ2n) is 4.13. The smallest absolute Gasteiger partial charge is 0.106 e. The maximum Gasteiger partial charge on any atom is 0.106 e. The van der Waals surface area contributed by atoms with E-state index >= 15 is 0 Å². The van der Waals surface area contributed by atoms with E-state index < -0.39 is 0 Å². The van der Waals surface area contributed by atoms with Crippen molar-refractivity contribution in [2.24, 2.45) is 5.73 Å². The van der Waals surface area contributed by atoms with Gasteiger partial charge in [0.25, 0.3) is 0 Å². The van der Waals surface area contributed by atoms with E-state index in [0.29, 0.717) is 12.6 Å². The predicted molar refractivity (Wildman–Crippen MR) is 59.3 cm³/mol. The average Bonchev–Trinajstić information content (AvgIpc) is 2.26. The lowest BCUT2D eigenvalue weighted by Gasteiger charge is -2.32. The van der Waals surface area contributed by atoms with E-state index in [0.717, 1.165) is 39.0 Å². The Morgan fingerprint density at radius 2 is 2.47 bits per heavy atom. The van der Waals surface area contributed by atoms with Crippen molar-refractivity contribution < 1.29 is 4.74 Å². The Morgan fingerprint density at radius 3 is 3.13 bits per heavy atom. The van der Waals surface area contributed by atoms with Gasteiger partial charge in [-0.25, -0.2) is 0 Å². The Balaban J connectivity index is 2.26. The van der Waals surface area contributed by atoms with Gasteiger partial charge in [0, 0.05) is 19.7 Å². The Kier molecular flexibility index (Phi) is 5.62. The van der Waals surface area contributed by atoms with Crippen LogP contribution in [0.5, 0.6) is 0 Å². The van der Waals surface area contributed by atoms with Gasteiger partial charge in [0.2, 0.25) is 0 Å². The third-order valence-electron chi connectivity index (χ3n) is 2.64. The number of hydrogen-bond acceptors (Lipinski definition) is 4. The fraction of sp³-hybridized carbons (Fsp3) is 0.909. The van der Waals surface area contributed by atoms with Crippen molar-refractivity contribution in [2.75, 3.05) is 26.2 Å². The first-order valence-electron chi connectivity index (χ1n) is 5.75. The van der Waals surface area contributed by atoms with Gasteiger partial charge in [0.05, 0.1) is 12.2 Å². The molecule has 0 spiro atoms. The molecule has 1 aliphatic rings. The minimum absolute atomic E-state index is 0.338. The van der Waals surface area contributed by atoms with Gasteiger partial charge in [-0.15, -0.1) is 0 Å². The molecule has 0 radical (unpaired) electrons. The van der Waals surface area contributed by atoms with Crippen LogP contribution in [0.4, 0.5) is 0 Å². The first kappa shape index (κ1) is 12.4. The summed E-state index contributed by atoms with van der Waals surface area (Å²) in [5.41, 5.74) is 5.61. The molecule has 4 heteroatoms. The number of nitriles is 1. The van der Waals surface area contributed by atoms with Crippen molar-refractivity contribution in [1.29, 1.82) is 5.26 Å². The summed E-state index contributed by atoms with van der Waals surface area (Å²) in [6.07, 6.45) is 3.68. The molecule has 1 saturated heterocycles. The second-order valence-corrected chi connectivity index (χ2v) is 4.13. The molecule has 86 valence electrons. The number of hydrogen-bond donors (Lipinski definition) is 1. The molecule has 1 aliphatic heterocycles. The second kappa shape index (κ2) is 6.78. The molecule has 0 aliphatic carbocycles. The summed E-state index contributed by atoms with van der Waals surface area (Å²) in [7, 11) is 0. The number of ether oxygens (including phenoxy) is 1. The Bertz CT molecular complexity index is 214. The number of likely N-dealkylation sites (tertiary alicyclic amines) is 1. The van der Waals surface area contributed by atoms with Crippen molar-refractivity contribution >= 4 is 0 Å². The number of nitrogens with zero attached hydrogens (tertiary/aromatic N) is 2. The van der Waals surface area contributed by atoms with E-state index in [9.17, 15) is 0 Å². The minimum Gasteiger partial charge on any atom is -0.377 e. The monoisotopic (exact) mass is 211 g/mol. The lowest BCUT2D eigenvalue weighted by atomic mass is 10.1. The molecular formula is C11H21N3O. The molecule has 0 aromatic rings. The van der Waals surface area contributed by atoms with Crippen molar-refractivity contribution in [3.8, 4) is 6.07 Å². The fourth-order valence-electron chi connectivity index (χ4n) is 1.92. The summed E-state index contributed by atoms with van der Waals surface area (Å²) in [6, 6.07) is 1.70. The van der Waals surface area contributed by atoms with Crippen LogP contribution >= 0.6 is 0 Å². The van der Waals surface area contributed by atoms with Gasteiger partial charge in [0.1, 0.15) is 6.04 Å². The zero-order valence-electron chi connectivity index (χ0n) is 9.48. The summed E-state index contributed by atoms with van der Waals surface area (Å²) in [5.74, 6) is 0. The summed E-state index contributed by atoms with van der Waals surface area (Å²) >= 11 is 0. The van der Waals surface area contributed by atoms with Crippen LogP contribution in [-0.2, 0) is 4.74 Å². The van der Waals surface area contributed by atoms with E-state index in [1.54, 1.807) is 0 Å². The average molecular weight is 211 g/mol. The zero-order valence-corrected chi connectivity index (χ0v) is 9.48. The van der Waals surface area contributed by atoms with E-state index in [1.807, 2.05) is 0 Å². The Hall–Kier alpha value is -0.630. The fourth-order valence-corrected chi connectivity index (χ4v) is 1.92. The van der Waals surface area contributed by atoms with Crippen LogP contribution in [-0.4, -0.2) is 43.3 Å². The molecule has 0 saturated carbocycles. The number of rotatable bonds is 5. The predicted octanol–water partition coefficient (Wildman–Crippen LogP) is 0.728. The molecule has 4 nitrogen and oxygen atoms in total.